The van der Waals surface area contributed by atoms with Crippen LogP contribution in [0.2, 0.25) is 0 Å². The van der Waals surface area contributed by atoms with Crippen molar-refractivity contribution in [2.45, 2.75) is 77.5 Å². The lowest BCUT2D eigenvalue weighted by Gasteiger charge is -2.36. The fraction of sp³-hybridized carbons (Fsp3) is 0.737. The number of carbonyl (C=O) groups excluding carboxylic acids is 5. The van der Waals surface area contributed by atoms with Crippen molar-refractivity contribution in [3.63, 3.8) is 0 Å². The highest BCUT2D eigenvalue weighted by molar-refractivity contribution is 6.09. The summed E-state index contributed by atoms with van der Waals surface area (Å²) >= 11 is 0. The molecule has 10 heteroatoms. The first-order valence-corrected chi connectivity index (χ1v) is 9.82. The molecule has 29 heavy (non-hydrogen) atoms. The van der Waals surface area contributed by atoms with Crippen LogP contribution < -0.4 is 16.0 Å². The second-order valence-electron chi connectivity index (χ2n) is 8.77. The third-order valence-electron chi connectivity index (χ3n) is 5.19. The van der Waals surface area contributed by atoms with Gasteiger partial charge in [0.15, 0.2) is 6.10 Å². The average Bonchev–Trinajstić information content (AvgIpc) is 2.80. The van der Waals surface area contributed by atoms with E-state index in [0.29, 0.717) is 6.42 Å². The molecule has 1 saturated heterocycles. The van der Waals surface area contributed by atoms with Crippen molar-refractivity contribution < 1.29 is 28.7 Å². The first-order valence-electron chi connectivity index (χ1n) is 9.82. The molecule has 2 aliphatic rings. The Morgan fingerprint density at radius 3 is 2.52 bits per heavy atom. The van der Waals surface area contributed by atoms with Crippen LogP contribution in [0.5, 0.6) is 0 Å². The van der Waals surface area contributed by atoms with Crippen molar-refractivity contribution in [1.82, 2.24) is 20.9 Å². The van der Waals surface area contributed by atoms with Gasteiger partial charge in [0.05, 0.1) is 0 Å². The van der Waals surface area contributed by atoms with E-state index in [-0.39, 0.29) is 5.92 Å². The Morgan fingerprint density at radius 1 is 1.28 bits per heavy atom. The molecule has 3 N–H and O–H groups in total. The summed E-state index contributed by atoms with van der Waals surface area (Å²) in [6.45, 7) is 7.86. The van der Waals surface area contributed by atoms with Crippen LogP contribution in [0.25, 0.3) is 0 Å². The summed E-state index contributed by atoms with van der Waals surface area (Å²) < 4.78 is 5.00. The Morgan fingerprint density at radius 2 is 1.93 bits per heavy atom. The number of carbonyl (C=O) groups is 5. The predicted molar refractivity (Wildman–Crippen MR) is 103 cm³/mol. The molecule has 1 aliphatic carbocycles. The number of imide groups is 2. The van der Waals surface area contributed by atoms with Crippen LogP contribution >= 0.6 is 0 Å². The number of hydrogen-bond acceptors (Lipinski definition) is 6. The number of ether oxygens (including phenoxy) is 1. The van der Waals surface area contributed by atoms with Crippen LogP contribution in [0.4, 0.5) is 9.59 Å². The molecule has 0 aromatic carbocycles. The van der Waals surface area contributed by atoms with E-state index in [1.165, 1.54) is 6.92 Å². The van der Waals surface area contributed by atoms with Crippen molar-refractivity contribution in [2.75, 3.05) is 6.54 Å². The van der Waals surface area contributed by atoms with Crippen molar-refractivity contribution in [2.24, 2.45) is 5.92 Å². The van der Waals surface area contributed by atoms with E-state index < -0.39 is 53.6 Å². The molecule has 2 rings (SSSR count). The van der Waals surface area contributed by atoms with E-state index in [2.05, 4.69) is 16.0 Å². The Balaban J connectivity index is 1.91. The number of nitrogens with zero attached hydrogens (tertiary/aromatic N) is 1. The molecule has 0 aromatic rings. The summed E-state index contributed by atoms with van der Waals surface area (Å²) in [5.41, 5.74) is -1.51. The van der Waals surface area contributed by atoms with E-state index in [1.807, 2.05) is 6.92 Å². The Bertz CT molecular complexity index is 716. The van der Waals surface area contributed by atoms with Gasteiger partial charge in [0.25, 0.3) is 11.8 Å². The lowest BCUT2D eigenvalue weighted by molar-refractivity contribution is -0.156. The van der Waals surface area contributed by atoms with Gasteiger partial charge in [-0.05, 0) is 46.5 Å². The lowest BCUT2D eigenvalue weighted by atomic mass is 9.73. The zero-order valence-electron chi connectivity index (χ0n) is 17.6. The number of rotatable bonds is 4. The molecule has 1 saturated carbocycles. The quantitative estimate of drug-likeness (QED) is 0.468. The predicted octanol–water partition coefficient (Wildman–Crippen LogP) is 1.04. The van der Waals surface area contributed by atoms with Gasteiger partial charge in [0, 0.05) is 5.54 Å². The van der Waals surface area contributed by atoms with Gasteiger partial charge in [0.2, 0.25) is 0 Å². The van der Waals surface area contributed by atoms with Gasteiger partial charge in [0.1, 0.15) is 12.1 Å². The first-order chi connectivity index (χ1) is 13.4. The third kappa shape index (κ3) is 5.24. The van der Waals surface area contributed by atoms with Crippen molar-refractivity contribution in [3.05, 3.63) is 0 Å². The summed E-state index contributed by atoms with van der Waals surface area (Å²) in [5, 5.41) is 7.37. The van der Waals surface area contributed by atoms with E-state index in [0.717, 1.165) is 24.2 Å². The van der Waals surface area contributed by atoms with E-state index in [1.54, 1.807) is 20.8 Å². The molecular weight excluding hydrogens is 380 g/mol. The molecule has 0 radical (unpaired) electrons. The van der Waals surface area contributed by atoms with E-state index in [9.17, 15) is 24.0 Å². The highest BCUT2D eigenvalue weighted by Crippen LogP contribution is 2.38. The molecule has 0 unspecified atom stereocenters. The summed E-state index contributed by atoms with van der Waals surface area (Å²) in [6.07, 6.45) is 1.90. The van der Waals surface area contributed by atoms with Gasteiger partial charge in [-0.2, -0.15) is 0 Å². The summed E-state index contributed by atoms with van der Waals surface area (Å²) in [6, 6.07) is -1.35. The van der Waals surface area contributed by atoms with Crippen molar-refractivity contribution in [3.8, 4) is 0 Å². The molecule has 1 spiro atoms. The molecule has 3 atom stereocenters. The number of urea groups is 2. The van der Waals surface area contributed by atoms with Crippen LogP contribution in [-0.2, 0) is 19.1 Å². The van der Waals surface area contributed by atoms with Crippen LogP contribution in [0, 0.1) is 5.92 Å². The molecule has 1 aliphatic heterocycles. The molecule has 0 bridgehead atoms. The van der Waals surface area contributed by atoms with E-state index in [4.69, 9.17) is 4.74 Å². The monoisotopic (exact) mass is 410 g/mol. The van der Waals surface area contributed by atoms with Crippen LogP contribution in [0.3, 0.4) is 0 Å². The third-order valence-corrected chi connectivity index (χ3v) is 5.19. The minimum Gasteiger partial charge on any atom is -0.451 e. The maximum Gasteiger partial charge on any atom is 0.327 e. The summed E-state index contributed by atoms with van der Waals surface area (Å²) in [5.74, 6) is -2.18. The van der Waals surface area contributed by atoms with Gasteiger partial charge in [-0.1, -0.05) is 19.8 Å². The second kappa shape index (κ2) is 8.38. The van der Waals surface area contributed by atoms with Gasteiger partial charge in [-0.3, -0.25) is 24.6 Å². The standard InChI is InChI=1S/C19H30N4O6/c1-11-8-6-7-9-19(11)15(26)23(17(28)22-19)10-13(24)29-12(2)14(25)20-16(27)21-18(3,4)5/h11-12H,6-10H2,1-5H3,(H,22,28)(H2,20,21,25,27)/t11-,12+,19+/m1/s1. The van der Waals surface area contributed by atoms with Crippen LogP contribution in [0.15, 0.2) is 0 Å². The van der Waals surface area contributed by atoms with Crippen LogP contribution in [-0.4, -0.2) is 58.5 Å². The average molecular weight is 410 g/mol. The minimum atomic E-state index is -1.27. The van der Waals surface area contributed by atoms with Gasteiger partial charge in [-0.15, -0.1) is 0 Å². The number of nitrogens with one attached hydrogen (secondary N) is 3. The fourth-order valence-electron chi connectivity index (χ4n) is 3.64. The molecule has 1 heterocycles. The highest BCUT2D eigenvalue weighted by Gasteiger charge is 2.55. The normalized spacial score (nSPS) is 25.4. The molecule has 0 aromatic heterocycles. The lowest BCUT2D eigenvalue weighted by Crippen LogP contribution is -2.54. The fourth-order valence-corrected chi connectivity index (χ4v) is 3.64. The first kappa shape index (κ1) is 22.6. The Labute approximate surface area is 170 Å². The highest BCUT2D eigenvalue weighted by atomic mass is 16.5. The zero-order valence-corrected chi connectivity index (χ0v) is 17.6. The minimum absolute atomic E-state index is 0.0280. The second-order valence-corrected chi connectivity index (χ2v) is 8.77. The zero-order chi connectivity index (χ0) is 22.0. The maximum absolute atomic E-state index is 12.8. The van der Waals surface area contributed by atoms with E-state index >= 15 is 0 Å². The van der Waals surface area contributed by atoms with Crippen LogP contribution in [0.1, 0.15) is 60.3 Å². The SMILES string of the molecule is C[C@H](OC(=O)CN1C(=O)N[C@]2(CCCC[C@H]2C)C1=O)C(=O)NC(=O)NC(C)(C)C. The summed E-state index contributed by atoms with van der Waals surface area (Å²) in [7, 11) is 0. The Hall–Kier alpha value is -2.65. The number of hydrogen-bond donors (Lipinski definition) is 3. The Kier molecular flexibility index (Phi) is 6.54. The molecule has 10 nitrogen and oxygen atoms in total. The number of amides is 6. The number of esters is 1. The van der Waals surface area contributed by atoms with Crippen molar-refractivity contribution in [1.29, 1.82) is 0 Å². The molecule has 162 valence electrons. The topological polar surface area (TPSA) is 134 Å². The smallest absolute Gasteiger partial charge is 0.327 e. The van der Waals surface area contributed by atoms with Crippen molar-refractivity contribution >= 4 is 29.8 Å². The largest absolute Gasteiger partial charge is 0.451 e. The maximum atomic E-state index is 12.8. The molecular formula is C19H30N4O6. The molecule has 2 fully saturated rings. The van der Waals surface area contributed by atoms with Gasteiger partial charge >= 0.3 is 18.0 Å². The molecule has 6 amide bonds. The van der Waals surface area contributed by atoms with Gasteiger partial charge in [-0.25, -0.2) is 9.59 Å². The van der Waals surface area contributed by atoms with Gasteiger partial charge < -0.3 is 15.4 Å². The summed E-state index contributed by atoms with van der Waals surface area (Å²) in [4.78, 5) is 61.9.